The first kappa shape index (κ1) is 35.6. The Bertz CT molecular complexity index is 1790. The van der Waals surface area contributed by atoms with Crippen LogP contribution < -0.4 is 18.9 Å². The fourth-order valence-corrected chi connectivity index (χ4v) is 13.3. The summed E-state index contributed by atoms with van der Waals surface area (Å²) in [5.41, 5.74) is 8.29. The largest absolute Gasteiger partial charge is 0.496 e. The molecular weight excluding hydrogens is 639 g/mol. The molecule has 0 spiro atoms. The molecule has 2 aliphatic carbocycles. The molecule has 4 aromatic carbocycles. The van der Waals surface area contributed by atoms with Gasteiger partial charge in [0.15, 0.2) is 0 Å². The standard InChI is InChI=1S/C44H51O5P/c1-29(27-44(2,3)4)28-50(45,42-32(23-30-15-9-11-17-34(30)42)25-36-38(46-5)19-13-20-39(36)47-6)43-33(24-31-16-10-12-18-35(31)43)26-37-40(48-7)21-14-22-41(37)49-8/h9-24,29,42-43H,25-28H2,1-8H3. The number of allylic oxidation sites excluding steroid dienone is 2. The molecule has 262 valence electrons. The highest BCUT2D eigenvalue weighted by atomic mass is 31.2. The zero-order chi connectivity index (χ0) is 35.6. The van der Waals surface area contributed by atoms with E-state index in [2.05, 4.69) is 88.4 Å². The van der Waals surface area contributed by atoms with Crippen molar-refractivity contribution in [2.24, 2.45) is 11.3 Å². The molecule has 0 saturated heterocycles. The quantitative estimate of drug-likeness (QED) is 0.131. The molecule has 0 saturated carbocycles. The van der Waals surface area contributed by atoms with E-state index in [4.69, 9.17) is 18.9 Å². The summed E-state index contributed by atoms with van der Waals surface area (Å²) < 4.78 is 40.6. The van der Waals surface area contributed by atoms with Crippen LogP contribution in [0.25, 0.3) is 12.2 Å². The Morgan fingerprint density at radius 1 is 0.600 bits per heavy atom. The molecule has 6 rings (SSSR count). The molecule has 2 aliphatic rings. The lowest BCUT2D eigenvalue weighted by atomic mass is 9.86. The highest BCUT2D eigenvalue weighted by Gasteiger charge is 2.50. The van der Waals surface area contributed by atoms with Crippen LogP contribution in [0.4, 0.5) is 0 Å². The maximum absolute atomic E-state index is 17.1. The Morgan fingerprint density at radius 3 is 1.34 bits per heavy atom. The van der Waals surface area contributed by atoms with Crippen molar-refractivity contribution in [2.45, 2.75) is 58.3 Å². The van der Waals surface area contributed by atoms with Crippen molar-refractivity contribution in [3.63, 3.8) is 0 Å². The molecule has 0 heterocycles. The molecule has 0 fully saturated rings. The molecule has 0 aromatic heterocycles. The van der Waals surface area contributed by atoms with Crippen LogP contribution in [0.2, 0.25) is 0 Å². The van der Waals surface area contributed by atoms with E-state index >= 15 is 4.57 Å². The second-order valence-electron chi connectivity index (χ2n) is 15.0. The van der Waals surface area contributed by atoms with Crippen molar-refractivity contribution in [3.8, 4) is 23.0 Å². The highest BCUT2D eigenvalue weighted by Crippen LogP contribution is 2.77. The first-order valence-corrected chi connectivity index (χ1v) is 19.6. The zero-order valence-corrected chi connectivity index (χ0v) is 31.7. The minimum Gasteiger partial charge on any atom is -0.496 e. The van der Waals surface area contributed by atoms with Crippen LogP contribution in [0.3, 0.4) is 0 Å². The third-order valence-electron chi connectivity index (χ3n) is 10.2. The Hall–Kier alpha value is -4.21. The third-order valence-corrected chi connectivity index (χ3v) is 14.4. The number of methoxy groups -OCH3 is 4. The van der Waals surface area contributed by atoms with Crippen LogP contribution in [0.15, 0.2) is 96.1 Å². The van der Waals surface area contributed by atoms with Gasteiger partial charge in [0.1, 0.15) is 30.1 Å². The van der Waals surface area contributed by atoms with Crippen molar-refractivity contribution in [1.29, 1.82) is 0 Å². The molecule has 0 radical (unpaired) electrons. The summed E-state index contributed by atoms with van der Waals surface area (Å²) in [5, 5.41) is 0. The van der Waals surface area contributed by atoms with Gasteiger partial charge in [0, 0.05) is 30.1 Å². The number of rotatable bonds is 13. The van der Waals surface area contributed by atoms with Crippen molar-refractivity contribution in [3.05, 3.63) is 129 Å². The van der Waals surface area contributed by atoms with Gasteiger partial charge in [-0.15, -0.1) is 0 Å². The van der Waals surface area contributed by atoms with Gasteiger partial charge in [-0.25, -0.2) is 0 Å². The van der Waals surface area contributed by atoms with Gasteiger partial charge in [-0.2, -0.15) is 0 Å². The highest BCUT2D eigenvalue weighted by molar-refractivity contribution is 7.65. The Balaban J connectivity index is 1.56. The Kier molecular flexibility index (Phi) is 10.4. The fourth-order valence-electron chi connectivity index (χ4n) is 8.64. The number of fused-ring (bicyclic) bond motifs is 2. The van der Waals surface area contributed by atoms with Gasteiger partial charge in [-0.05, 0) is 64.3 Å². The molecule has 5 nitrogen and oxygen atoms in total. The number of benzene rings is 4. The SMILES string of the molecule is COc1cccc(OC)c1CC1=Cc2ccccc2C1P(=O)(CC(C)CC(C)(C)C)C1C(Cc2c(OC)cccc2OC)=Cc2ccccc21. The van der Waals surface area contributed by atoms with Gasteiger partial charge < -0.3 is 23.5 Å². The fraction of sp³-hybridized carbons (Fsp3) is 0.364. The lowest BCUT2D eigenvalue weighted by molar-refractivity contribution is 0.320. The minimum atomic E-state index is -3.20. The van der Waals surface area contributed by atoms with Crippen LogP contribution in [0.1, 0.15) is 78.8 Å². The summed E-state index contributed by atoms with van der Waals surface area (Å²) >= 11 is 0. The van der Waals surface area contributed by atoms with Gasteiger partial charge in [0.2, 0.25) is 0 Å². The number of hydrogen-bond acceptors (Lipinski definition) is 5. The lowest BCUT2D eigenvalue weighted by Gasteiger charge is -2.38. The summed E-state index contributed by atoms with van der Waals surface area (Å²) in [6, 6.07) is 28.9. The lowest BCUT2D eigenvalue weighted by Crippen LogP contribution is -2.20. The van der Waals surface area contributed by atoms with E-state index in [-0.39, 0.29) is 22.7 Å². The van der Waals surface area contributed by atoms with Crippen LogP contribution in [-0.2, 0) is 17.4 Å². The van der Waals surface area contributed by atoms with E-state index in [0.29, 0.717) is 19.0 Å². The smallest absolute Gasteiger partial charge is 0.126 e. The Labute approximate surface area is 298 Å². The number of hydrogen-bond donors (Lipinski definition) is 0. The summed E-state index contributed by atoms with van der Waals surface area (Å²) in [5.74, 6) is 3.30. The maximum Gasteiger partial charge on any atom is 0.126 e. The molecular formula is C44H51O5P. The van der Waals surface area contributed by atoms with Crippen molar-refractivity contribution in [2.75, 3.05) is 34.6 Å². The molecule has 3 unspecified atom stereocenters. The molecule has 0 aliphatic heterocycles. The molecule has 0 bridgehead atoms. The average Bonchev–Trinajstić information content (AvgIpc) is 3.66. The first-order valence-electron chi connectivity index (χ1n) is 17.6. The van der Waals surface area contributed by atoms with Gasteiger partial charge in [-0.1, -0.05) is 112 Å². The molecule has 3 atom stereocenters. The predicted molar refractivity (Wildman–Crippen MR) is 207 cm³/mol. The minimum absolute atomic E-state index is 0.0955. The van der Waals surface area contributed by atoms with E-state index in [0.717, 1.165) is 73.9 Å². The zero-order valence-electron chi connectivity index (χ0n) is 30.8. The predicted octanol–water partition coefficient (Wildman–Crippen LogP) is 11.2. The molecule has 6 heteroatoms. The van der Waals surface area contributed by atoms with Crippen molar-refractivity contribution < 1.29 is 23.5 Å². The van der Waals surface area contributed by atoms with Crippen LogP contribution >= 0.6 is 7.14 Å². The first-order chi connectivity index (χ1) is 24.0. The second kappa shape index (κ2) is 14.6. The van der Waals surface area contributed by atoms with Crippen LogP contribution in [0, 0.1) is 11.3 Å². The van der Waals surface area contributed by atoms with Crippen LogP contribution in [0.5, 0.6) is 23.0 Å². The maximum atomic E-state index is 17.1. The van der Waals surface area contributed by atoms with Gasteiger partial charge in [0.25, 0.3) is 0 Å². The molecule has 4 aromatic rings. The van der Waals surface area contributed by atoms with E-state index in [1.807, 2.05) is 36.4 Å². The van der Waals surface area contributed by atoms with Crippen LogP contribution in [-0.4, -0.2) is 34.6 Å². The average molecular weight is 691 g/mol. The van der Waals surface area contributed by atoms with Gasteiger partial charge in [-0.3, -0.25) is 0 Å². The van der Waals surface area contributed by atoms with E-state index in [9.17, 15) is 0 Å². The molecule has 0 N–H and O–H groups in total. The van der Waals surface area contributed by atoms with Gasteiger partial charge in [0.05, 0.1) is 39.8 Å². The summed E-state index contributed by atoms with van der Waals surface area (Å²) in [7, 11) is 3.60. The molecule has 0 amide bonds. The topological polar surface area (TPSA) is 54.0 Å². The van der Waals surface area contributed by atoms with Crippen molar-refractivity contribution in [1.82, 2.24) is 0 Å². The van der Waals surface area contributed by atoms with Gasteiger partial charge >= 0.3 is 0 Å². The van der Waals surface area contributed by atoms with Crippen molar-refractivity contribution >= 4 is 19.3 Å². The number of ether oxygens (including phenoxy) is 4. The van der Waals surface area contributed by atoms with E-state index in [1.165, 1.54) is 0 Å². The monoisotopic (exact) mass is 690 g/mol. The summed E-state index contributed by atoms with van der Waals surface area (Å²) in [6.45, 7) is 9.13. The van der Waals surface area contributed by atoms with E-state index < -0.39 is 7.14 Å². The molecule has 50 heavy (non-hydrogen) atoms. The summed E-state index contributed by atoms with van der Waals surface area (Å²) in [4.78, 5) is 0. The third kappa shape index (κ3) is 6.90. The van der Waals surface area contributed by atoms with E-state index in [1.54, 1.807) is 28.4 Å². The normalized spacial score (nSPS) is 18.3. The summed E-state index contributed by atoms with van der Waals surface area (Å²) in [6.07, 6.45) is 7.28. The Morgan fingerprint density at radius 2 is 0.980 bits per heavy atom. The second-order valence-corrected chi connectivity index (χ2v) is 18.2.